The molecule has 3 aromatic rings. The average molecular weight is 418 g/mol. The van der Waals surface area contributed by atoms with Crippen LogP contribution >= 0.6 is 0 Å². The quantitative estimate of drug-likeness (QED) is 0.524. The first-order valence-electron chi connectivity index (χ1n) is 9.57. The van der Waals surface area contributed by atoms with Gasteiger partial charge in [-0.25, -0.2) is 4.79 Å². The fourth-order valence-corrected chi connectivity index (χ4v) is 2.92. The van der Waals surface area contributed by atoms with Gasteiger partial charge in [-0.15, -0.1) is 0 Å². The summed E-state index contributed by atoms with van der Waals surface area (Å²) in [5.74, 6) is -2.05. The molecule has 158 valence electrons. The molecule has 3 N–H and O–H groups in total. The standard InChI is InChI=1S/C24H22N2O5/c1-15-6-5-7-17(12-15)25-23(29)18-8-3-4-9-20(18)26-22(28)14-31-24(30)19-13-16(2)10-11-21(19)27/h3-13,27H,14H2,1-2H3,(H,25,29)(H,26,28). The number of carbonyl (C=O) groups excluding carboxylic acids is 3. The maximum atomic E-state index is 12.7. The number of rotatable bonds is 6. The molecule has 0 aromatic heterocycles. The van der Waals surface area contributed by atoms with Crippen molar-refractivity contribution in [2.24, 2.45) is 0 Å². The summed E-state index contributed by atoms with van der Waals surface area (Å²) in [6.07, 6.45) is 0. The number of amides is 2. The van der Waals surface area contributed by atoms with Gasteiger partial charge in [0, 0.05) is 5.69 Å². The highest BCUT2D eigenvalue weighted by molar-refractivity contribution is 6.10. The van der Waals surface area contributed by atoms with E-state index in [9.17, 15) is 19.5 Å². The van der Waals surface area contributed by atoms with Crippen LogP contribution in [-0.2, 0) is 9.53 Å². The average Bonchev–Trinajstić information content (AvgIpc) is 2.74. The second-order valence-electron chi connectivity index (χ2n) is 7.01. The molecule has 0 aliphatic carbocycles. The van der Waals surface area contributed by atoms with E-state index in [1.165, 1.54) is 12.1 Å². The minimum absolute atomic E-state index is 0.0225. The predicted molar refractivity (Wildman–Crippen MR) is 117 cm³/mol. The number of carbonyl (C=O) groups is 3. The van der Waals surface area contributed by atoms with Crippen molar-refractivity contribution in [2.75, 3.05) is 17.2 Å². The minimum Gasteiger partial charge on any atom is -0.507 e. The number of ether oxygens (including phenoxy) is 1. The zero-order valence-electron chi connectivity index (χ0n) is 17.1. The van der Waals surface area contributed by atoms with Crippen LogP contribution < -0.4 is 10.6 Å². The molecular weight excluding hydrogens is 396 g/mol. The summed E-state index contributed by atoms with van der Waals surface area (Å²) in [6, 6.07) is 18.4. The Bertz CT molecular complexity index is 1140. The van der Waals surface area contributed by atoms with Crippen molar-refractivity contribution in [1.29, 1.82) is 0 Å². The second kappa shape index (κ2) is 9.58. The van der Waals surface area contributed by atoms with Crippen molar-refractivity contribution in [3.63, 3.8) is 0 Å². The van der Waals surface area contributed by atoms with E-state index < -0.39 is 18.5 Å². The maximum absolute atomic E-state index is 12.7. The number of esters is 1. The van der Waals surface area contributed by atoms with Gasteiger partial charge in [-0.3, -0.25) is 9.59 Å². The Balaban J connectivity index is 1.64. The molecule has 7 nitrogen and oxygen atoms in total. The number of aryl methyl sites for hydroxylation is 2. The van der Waals surface area contributed by atoms with Gasteiger partial charge in [0.25, 0.3) is 11.8 Å². The van der Waals surface area contributed by atoms with Crippen LogP contribution in [0.4, 0.5) is 11.4 Å². The van der Waals surface area contributed by atoms with Crippen LogP contribution in [0.3, 0.4) is 0 Å². The molecule has 0 fully saturated rings. The molecule has 31 heavy (non-hydrogen) atoms. The van der Waals surface area contributed by atoms with Crippen LogP contribution in [0, 0.1) is 13.8 Å². The Morgan fingerprint density at radius 2 is 1.58 bits per heavy atom. The van der Waals surface area contributed by atoms with Crippen molar-refractivity contribution >= 4 is 29.2 Å². The number of hydrogen-bond donors (Lipinski definition) is 3. The lowest BCUT2D eigenvalue weighted by Gasteiger charge is -2.12. The normalized spacial score (nSPS) is 10.3. The van der Waals surface area contributed by atoms with E-state index in [2.05, 4.69) is 10.6 Å². The van der Waals surface area contributed by atoms with Gasteiger partial charge < -0.3 is 20.5 Å². The van der Waals surface area contributed by atoms with Gasteiger partial charge in [-0.05, 0) is 55.8 Å². The van der Waals surface area contributed by atoms with Crippen molar-refractivity contribution in [3.05, 3.63) is 89.0 Å². The highest BCUT2D eigenvalue weighted by Gasteiger charge is 2.17. The van der Waals surface area contributed by atoms with Crippen molar-refractivity contribution in [2.45, 2.75) is 13.8 Å². The third-order valence-electron chi connectivity index (χ3n) is 4.43. The topological polar surface area (TPSA) is 105 Å². The largest absolute Gasteiger partial charge is 0.507 e. The van der Waals surface area contributed by atoms with E-state index in [0.29, 0.717) is 5.69 Å². The van der Waals surface area contributed by atoms with Crippen LogP contribution in [0.2, 0.25) is 0 Å². The Kier molecular flexibility index (Phi) is 6.67. The predicted octanol–water partition coefficient (Wildman–Crippen LogP) is 4.06. The molecule has 3 aromatic carbocycles. The van der Waals surface area contributed by atoms with Gasteiger partial charge in [0.2, 0.25) is 0 Å². The molecule has 0 heterocycles. The monoisotopic (exact) mass is 418 g/mol. The van der Waals surface area contributed by atoms with Gasteiger partial charge in [0.15, 0.2) is 6.61 Å². The first-order valence-corrected chi connectivity index (χ1v) is 9.57. The van der Waals surface area contributed by atoms with Gasteiger partial charge in [-0.1, -0.05) is 35.9 Å². The third-order valence-corrected chi connectivity index (χ3v) is 4.43. The molecule has 3 rings (SSSR count). The van der Waals surface area contributed by atoms with Crippen LogP contribution in [0.1, 0.15) is 31.8 Å². The molecule has 0 spiro atoms. The van der Waals surface area contributed by atoms with E-state index >= 15 is 0 Å². The van der Waals surface area contributed by atoms with E-state index in [0.717, 1.165) is 11.1 Å². The third kappa shape index (κ3) is 5.70. The summed E-state index contributed by atoms with van der Waals surface area (Å²) in [6.45, 7) is 3.11. The Morgan fingerprint density at radius 1 is 0.839 bits per heavy atom. The minimum atomic E-state index is -0.818. The first kappa shape index (κ1) is 21.6. The fraction of sp³-hybridized carbons (Fsp3) is 0.125. The maximum Gasteiger partial charge on any atom is 0.342 e. The summed E-state index contributed by atoms with van der Waals surface area (Å²) in [4.78, 5) is 37.1. The number of benzene rings is 3. The molecule has 0 saturated carbocycles. The van der Waals surface area contributed by atoms with Crippen LogP contribution in [0.5, 0.6) is 5.75 Å². The lowest BCUT2D eigenvalue weighted by molar-refractivity contribution is -0.119. The van der Waals surface area contributed by atoms with Gasteiger partial charge in [0.1, 0.15) is 11.3 Å². The smallest absolute Gasteiger partial charge is 0.342 e. The van der Waals surface area contributed by atoms with E-state index in [-0.39, 0.29) is 28.5 Å². The fourth-order valence-electron chi connectivity index (χ4n) is 2.92. The van der Waals surface area contributed by atoms with E-state index in [1.54, 1.807) is 43.3 Å². The zero-order valence-corrected chi connectivity index (χ0v) is 17.1. The van der Waals surface area contributed by atoms with Gasteiger partial charge >= 0.3 is 5.97 Å². The van der Waals surface area contributed by atoms with Crippen molar-refractivity contribution < 1.29 is 24.2 Å². The molecule has 0 bridgehead atoms. The van der Waals surface area contributed by atoms with Gasteiger partial charge in [0.05, 0.1) is 11.3 Å². The van der Waals surface area contributed by atoms with Crippen LogP contribution in [-0.4, -0.2) is 29.5 Å². The lowest BCUT2D eigenvalue weighted by atomic mass is 10.1. The molecule has 0 saturated heterocycles. The Morgan fingerprint density at radius 3 is 2.35 bits per heavy atom. The molecule has 0 atom stereocenters. The molecule has 0 aliphatic rings. The Hall–Kier alpha value is -4.13. The van der Waals surface area contributed by atoms with E-state index in [1.807, 2.05) is 25.1 Å². The summed E-state index contributed by atoms with van der Waals surface area (Å²) in [5, 5.41) is 15.2. The summed E-state index contributed by atoms with van der Waals surface area (Å²) >= 11 is 0. The Labute approximate surface area is 179 Å². The van der Waals surface area contributed by atoms with Crippen molar-refractivity contribution in [3.8, 4) is 5.75 Å². The van der Waals surface area contributed by atoms with E-state index in [4.69, 9.17) is 4.74 Å². The number of hydrogen-bond acceptors (Lipinski definition) is 5. The second-order valence-corrected chi connectivity index (χ2v) is 7.01. The van der Waals surface area contributed by atoms with Gasteiger partial charge in [-0.2, -0.15) is 0 Å². The molecule has 0 aliphatic heterocycles. The number of anilines is 2. The SMILES string of the molecule is Cc1cccc(NC(=O)c2ccccc2NC(=O)COC(=O)c2cc(C)ccc2O)c1. The summed E-state index contributed by atoms with van der Waals surface area (Å²) in [5.41, 5.74) is 2.93. The zero-order chi connectivity index (χ0) is 22.4. The number of phenols is 1. The molecule has 0 radical (unpaired) electrons. The molecule has 0 unspecified atom stereocenters. The van der Waals surface area contributed by atoms with Crippen LogP contribution in [0.15, 0.2) is 66.7 Å². The van der Waals surface area contributed by atoms with Crippen molar-refractivity contribution in [1.82, 2.24) is 0 Å². The summed E-state index contributed by atoms with van der Waals surface area (Å²) < 4.78 is 5.00. The first-order chi connectivity index (χ1) is 14.8. The number of aromatic hydroxyl groups is 1. The van der Waals surface area contributed by atoms with Crippen LogP contribution in [0.25, 0.3) is 0 Å². The highest BCUT2D eigenvalue weighted by Crippen LogP contribution is 2.20. The highest BCUT2D eigenvalue weighted by atomic mass is 16.5. The molecule has 2 amide bonds. The molecular formula is C24H22N2O5. The molecule has 7 heteroatoms. The summed E-state index contributed by atoms with van der Waals surface area (Å²) in [7, 11) is 0. The number of nitrogens with one attached hydrogen (secondary N) is 2. The lowest BCUT2D eigenvalue weighted by Crippen LogP contribution is -2.23. The number of phenolic OH excluding ortho intramolecular Hbond substituents is 1. The number of para-hydroxylation sites is 1.